The number of carbonyl (C=O) groups excluding carboxylic acids is 2. The Labute approximate surface area is 127 Å². The highest BCUT2D eigenvalue weighted by molar-refractivity contribution is 5.98. The van der Waals surface area contributed by atoms with E-state index in [9.17, 15) is 9.59 Å². The zero-order chi connectivity index (χ0) is 15.5. The van der Waals surface area contributed by atoms with Gasteiger partial charge in [0.15, 0.2) is 0 Å². The van der Waals surface area contributed by atoms with Crippen LogP contribution in [0.25, 0.3) is 0 Å². The van der Waals surface area contributed by atoms with Gasteiger partial charge in [0, 0.05) is 12.1 Å². The van der Waals surface area contributed by atoms with Crippen molar-refractivity contribution in [3.8, 4) is 0 Å². The smallest absolute Gasteiger partial charge is 0.232 e. The van der Waals surface area contributed by atoms with Gasteiger partial charge in [0.1, 0.15) is 6.33 Å². The molecule has 1 aromatic heterocycles. The van der Waals surface area contributed by atoms with Gasteiger partial charge in [-0.25, -0.2) is 4.68 Å². The van der Waals surface area contributed by atoms with Crippen molar-refractivity contribution in [1.29, 1.82) is 0 Å². The van der Waals surface area contributed by atoms with E-state index in [1.807, 2.05) is 24.3 Å². The SMILES string of the molecule is CCc1ccc(NC(=O)C[C@@H]2Cn3ncnc3NC2=O)cc1. The predicted octanol–water partition coefficient (Wildman–Crippen LogP) is 1.44. The first-order chi connectivity index (χ1) is 10.7. The maximum absolute atomic E-state index is 12.1. The summed E-state index contributed by atoms with van der Waals surface area (Å²) in [6, 6.07) is 7.69. The van der Waals surface area contributed by atoms with Crippen LogP contribution < -0.4 is 10.6 Å². The van der Waals surface area contributed by atoms with Crippen molar-refractivity contribution in [2.45, 2.75) is 26.3 Å². The highest BCUT2D eigenvalue weighted by Gasteiger charge is 2.29. The number of carbonyl (C=O) groups is 2. The van der Waals surface area contributed by atoms with E-state index in [4.69, 9.17) is 0 Å². The van der Waals surface area contributed by atoms with Crippen molar-refractivity contribution in [2.75, 3.05) is 10.6 Å². The molecule has 3 rings (SSSR count). The first-order valence-corrected chi connectivity index (χ1v) is 7.23. The lowest BCUT2D eigenvalue weighted by atomic mass is 10.0. The van der Waals surface area contributed by atoms with E-state index >= 15 is 0 Å². The minimum atomic E-state index is -0.441. The number of nitrogens with one attached hydrogen (secondary N) is 2. The van der Waals surface area contributed by atoms with E-state index in [0.717, 1.165) is 12.1 Å². The molecule has 1 aliphatic heterocycles. The van der Waals surface area contributed by atoms with Gasteiger partial charge in [-0.3, -0.25) is 14.9 Å². The molecule has 0 saturated carbocycles. The molecule has 2 aromatic rings. The van der Waals surface area contributed by atoms with E-state index in [1.165, 1.54) is 11.9 Å². The Morgan fingerprint density at radius 2 is 2.18 bits per heavy atom. The molecule has 1 aromatic carbocycles. The number of aromatic nitrogens is 3. The first-order valence-electron chi connectivity index (χ1n) is 7.23. The Bertz CT molecular complexity index is 692. The van der Waals surface area contributed by atoms with Crippen molar-refractivity contribution >= 4 is 23.5 Å². The van der Waals surface area contributed by atoms with E-state index in [1.54, 1.807) is 4.68 Å². The lowest BCUT2D eigenvalue weighted by Gasteiger charge is -2.21. The summed E-state index contributed by atoms with van der Waals surface area (Å²) < 4.78 is 1.59. The number of hydrogen-bond acceptors (Lipinski definition) is 4. The molecule has 0 aliphatic carbocycles. The summed E-state index contributed by atoms with van der Waals surface area (Å²) >= 11 is 0. The third-order valence-corrected chi connectivity index (χ3v) is 3.69. The number of hydrogen-bond donors (Lipinski definition) is 2. The van der Waals surface area contributed by atoms with Gasteiger partial charge in [-0.2, -0.15) is 10.1 Å². The zero-order valence-electron chi connectivity index (χ0n) is 12.2. The summed E-state index contributed by atoms with van der Waals surface area (Å²) in [6.45, 7) is 2.44. The summed E-state index contributed by atoms with van der Waals surface area (Å²) in [5.74, 6) is -0.397. The lowest BCUT2D eigenvalue weighted by Crippen LogP contribution is -2.36. The van der Waals surface area contributed by atoms with Crippen LogP contribution in [-0.4, -0.2) is 26.6 Å². The summed E-state index contributed by atoms with van der Waals surface area (Å²) in [6.07, 6.45) is 2.45. The average Bonchev–Trinajstić information content (AvgIpc) is 2.95. The molecular weight excluding hydrogens is 282 g/mol. The monoisotopic (exact) mass is 299 g/mol. The van der Waals surface area contributed by atoms with Crippen LogP contribution in [0.1, 0.15) is 18.9 Å². The fourth-order valence-corrected chi connectivity index (χ4v) is 2.42. The lowest BCUT2D eigenvalue weighted by molar-refractivity contribution is -0.125. The van der Waals surface area contributed by atoms with E-state index in [2.05, 4.69) is 27.6 Å². The van der Waals surface area contributed by atoms with E-state index in [0.29, 0.717) is 12.5 Å². The van der Waals surface area contributed by atoms with Crippen molar-refractivity contribution in [3.63, 3.8) is 0 Å². The van der Waals surface area contributed by atoms with Crippen molar-refractivity contribution in [1.82, 2.24) is 14.8 Å². The summed E-state index contributed by atoms with van der Waals surface area (Å²) in [5, 5.41) is 9.47. The first kappa shape index (κ1) is 14.2. The molecule has 22 heavy (non-hydrogen) atoms. The van der Waals surface area contributed by atoms with Crippen LogP contribution in [0.3, 0.4) is 0 Å². The van der Waals surface area contributed by atoms with Gasteiger partial charge in [0.25, 0.3) is 0 Å². The summed E-state index contributed by atoms with van der Waals surface area (Å²) in [4.78, 5) is 28.0. The number of fused-ring (bicyclic) bond motifs is 1. The van der Waals surface area contributed by atoms with Crippen LogP contribution in [0.2, 0.25) is 0 Å². The van der Waals surface area contributed by atoms with Gasteiger partial charge < -0.3 is 5.32 Å². The molecule has 2 heterocycles. The van der Waals surface area contributed by atoms with Crippen LogP contribution in [0.15, 0.2) is 30.6 Å². The maximum atomic E-state index is 12.1. The molecular formula is C15H17N5O2. The Morgan fingerprint density at radius 3 is 2.91 bits per heavy atom. The quantitative estimate of drug-likeness (QED) is 0.894. The highest BCUT2D eigenvalue weighted by atomic mass is 16.2. The molecule has 0 bridgehead atoms. The molecule has 0 fully saturated rings. The minimum absolute atomic E-state index is 0.112. The number of aryl methyl sites for hydroxylation is 1. The number of nitrogens with zero attached hydrogens (tertiary/aromatic N) is 3. The third-order valence-electron chi connectivity index (χ3n) is 3.69. The summed E-state index contributed by atoms with van der Waals surface area (Å²) in [7, 11) is 0. The van der Waals surface area contributed by atoms with Gasteiger partial charge in [-0.1, -0.05) is 19.1 Å². The third kappa shape index (κ3) is 2.98. The predicted molar refractivity (Wildman–Crippen MR) is 81.2 cm³/mol. The van der Waals surface area contributed by atoms with Gasteiger partial charge in [0.2, 0.25) is 17.8 Å². The molecule has 0 radical (unpaired) electrons. The second-order valence-corrected chi connectivity index (χ2v) is 5.25. The molecule has 1 aliphatic rings. The van der Waals surface area contributed by atoms with Crippen LogP contribution in [0, 0.1) is 5.92 Å². The molecule has 7 nitrogen and oxygen atoms in total. The van der Waals surface area contributed by atoms with Gasteiger partial charge in [-0.05, 0) is 24.1 Å². The molecule has 2 N–H and O–H groups in total. The zero-order valence-corrected chi connectivity index (χ0v) is 12.2. The van der Waals surface area contributed by atoms with Crippen LogP contribution in [-0.2, 0) is 22.6 Å². The second-order valence-electron chi connectivity index (χ2n) is 5.25. The minimum Gasteiger partial charge on any atom is -0.326 e. The van der Waals surface area contributed by atoms with Crippen LogP contribution >= 0.6 is 0 Å². The van der Waals surface area contributed by atoms with Gasteiger partial charge in [-0.15, -0.1) is 0 Å². The Balaban J connectivity index is 1.60. The average molecular weight is 299 g/mol. The van der Waals surface area contributed by atoms with Crippen LogP contribution in [0.5, 0.6) is 0 Å². The van der Waals surface area contributed by atoms with Crippen molar-refractivity contribution < 1.29 is 9.59 Å². The molecule has 1 atom stereocenters. The van der Waals surface area contributed by atoms with Crippen LogP contribution in [0.4, 0.5) is 11.6 Å². The Hall–Kier alpha value is -2.70. The van der Waals surface area contributed by atoms with Gasteiger partial charge >= 0.3 is 0 Å². The Kier molecular flexibility index (Phi) is 3.86. The Morgan fingerprint density at radius 1 is 1.41 bits per heavy atom. The molecule has 0 saturated heterocycles. The second kappa shape index (κ2) is 5.97. The molecule has 0 spiro atoms. The molecule has 2 amide bonds. The topological polar surface area (TPSA) is 88.9 Å². The fraction of sp³-hybridized carbons (Fsp3) is 0.333. The maximum Gasteiger partial charge on any atom is 0.232 e. The molecule has 0 unspecified atom stereocenters. The number of rotatable bonds is 4. The number of amides is 2. The van der Waals surface area contributed by atoms with Crippen molar-refractivity contribution in [2.24, 2.45) is 5.92 Å². The largest absolute Gasteiger partial charge is 0.326 e. The normalized spacial score (nSPS) is 16.8. The van der Waals surface area contributed by atoms with Gasteiger partial charge in [0.05, 0.1) is 12.5 Å². The van der Waals surface area contributed by atoms with E-state index < -0.39 is 5.92 Å². The number of anilines is 2. The standard InChI is InChI=1S/C15H17N5O2/c1-2-10-3-5-12(6-4-10)18-13(21)7-11-8-20-15(16-9-17-20)19-14(11)22/h3-6,9,11H,2,7-8H2,1H3,(H,18,21)(H,16,17,19,22)/t11-/m1/s1. The number of benzene rings is 1. The highest BCUT2D eigenvalue weighted by Crippen LogP contribution is 2.19. The summed E-state index contributed by atoms with van der Waals surface area (Å²) in [5.41, 5.74) is 1.95. The van der Waals surface area contributed by atoms with E-state index in [-0.39, 0.29) is 18.2 Å². The molecule has 7 heteroatoms. The van der Waals surface area contributed by atoms with Crippen molar-refractivity contribution in [3.05, 3.63) is 36.2 Å². The molecule has 114 valence electrons. The fourth-order valence-electron chi connectivity index (χ4n) is 2.42.